The van der Waals surface area contributed by atoms with Crippen LogP contribution >= 0.6 is 0 Å². The Morgan fingerprint density at radius 3 is 1.24 bits per heavy atom. The van der Waals surface area contributed by atoms with Crippen LogP contribution in [0.4, 0.5) is 60.5 Å². The van der Waals surface area contributed by atoms with Gasteiger partial charge in [0, 0.05) is 50.3 Å². The first-order chi connectivity index (χ1) is 30.0. The fourth-order valence-corrected chi connectivity index (χ4v) is 8.48. The molecule has 302 valence electrons. The van der Waals surface area contributed by atoms with Crippen LogP contribution in [-0.4, -0.2) is 0 Å². The molecule has 0 aliphatic rings. The van der Waals surface area contributed by atoms with Gasteiger partial charge in [-0.15, -0.1) is 0 Å². The van der Waals surface area contributed by atoms with Gasteiger partial charge in [0.2, 0.25) is 0 Å². The Balaban J connectivity index is 1.01. The van der Waals surface area contributed by atoms with Crippen molar-refractivity contribution in [1.29, 1.82) is 0 Å². The number of para-hydroxylation sites is 2. The molecule has 0 spiro atoms. The number of hydrogen-bond donors (Lipinski definition) is 0. The van der Waals surface area contributed by atoms with Crippen LogP contribution in [0, 0.1) is 0 Å². The zero-order chi connectivity index (χ0) is 42.3. The maximum atomic E-state index is 13.5. The summed E-state index contributed by atoms with van der Waals surface area (Å²) < 4.78 is 93.9. The molecule has 62 heavy (non-hydrogen) atoms. The Hall–Kier alpha value is -7.72. The summed E-state index contributed by atoms with van der Waals surface area (Å²) in [4.78, 5) is 3.84. The lowest BCUT2D eigenvalue weighted by molar-refractivity contribution is -0.138. The summed E-state index contributed by atoms with van der Waals surface area (Å²) in [5, 5.41) is 7.21. The van der Waals surface area contributed by atoms with Gasteiger partial charge in [0.1, 0.15) is 22.3 Å². The molecule has 0 aliphatic carbocycles. The highest BCUT2D eigenvalue weighted by molar-refractivity contribution is 6.24. The van der Waals surface area contributed by atoms with Gasteiger partial charge < -0.3 is 18.6 Å². The molecule has 0 aliphatic heterocycles. The molecule has 11 rings (SSSR count). The van der Waals surface area contributed by atoms with Crippen LogP contribution < -0.4 is 9.80 Å². The first-order valence-corrected chi connectivity index (χ1v) is 19.7. The van der Waals surface area contributed by atoms with E-state index in [0.717, 1.165) is 90.1 Å². The predicted octanol–water partition coefficient (Wildman–Crippen LogP) is 16.8. The average molecular weight is 829 g/mol. The SMILES string of the molecule is FC(F)(F)c1ccc(N(c2ccccc2)c2ccc3cc4c(cc3c2)oc2c4ccc3oc4cc5cc(N(c6ccccc6)c6ccc(C(F)(F)F)cc6)ccc5cc4c32)cc1. The first-order valence-electron chi connectivity index (χ1n) is 19.7. The summed E-state index contributed by atoms with van der Waals surface area (Å²) in [5.74, 6) is 0. The molecular weight excluding hydrogens is 799 g/mol. The molecule has 9 aromatic carbocycles. The average Bonchev–Trinajstić information content (AvgIpc) is 3.82. The van der Waals surface area contributed by atoms with Crippen LogP contribution in [-0.2, 0) is 12.4 Å². The van der Waals surface area contributed by atoms with Crippen LogP contribution in [0.5, 0.6) is 0 Å². The molecule has 10 heteroatoms. The molecule has 0 saturated carbocycles. The van der Waals surface area contributed by atoms with Crippen LogP contribution in [0.25, 0.3) is 65.4 Å². The Kier molecular flexibility index (Phi) is 8.37. The van der Waals surface area contributed by atoms with Gasteiger partial charge >= 0.3 is 12.4 Å². The highest BCUT2D eigenvalue weighted by Crippen LogP contribution is 2.44. The minimum absolute atomic E-state index is 0.581. The van der Waals surface area contributed by atoms with Gasteiger partial charge in [-0.2, -0.15) is 26.3 Å². The molecule has 0 saturated heterocycles. The molecule has 2 heterocycles. The lowest BCUT2D eigenvalue weighted by Gasteiger charge is -2.26. The zero-order valence-electron chi connectivity index (χ0n) is 32.3. The number of halogens is 6. The van der Waals surface area contributed by atoms with E-state index >= 15 is 0 Å². The van der Waals surface area contributed by atoms with E-state index in [1.54, 1.807) is 0 Å². The van der Waals surface area contributed by atoms with E-state index in [-0.39, 0.29) is 0 Å². The van der Waals surface area contributed by atoms with E-state index in [4.69, 9.17) is 8.83 Å². The second-order valence-corrected chi connectivity index (χ2v) is 15.2. The summed E-state index contributed by atoms with van der Waals surface area (Å²) >= 11 is 0. The van der Waals surface area contributed by atoms with Crippen molar-refractivity contribution in [2.24, 2.45) is 0 Å². The fourth-order valence-electron chi connectivity index (χ4n) is 8.48. The van der Waals surface area contributed by atoms with Gasteiger partial charge in [-0.3, -0.25) is 0 Å². The summed E-state index contributed by atoms with van der Waals surface area (Å²) in [6.45, 7) is 0. The van der Waals surface area contributed by atoms with Crippen LogP contribution in [0.1, 0.15) is 11.1 Å². The summed E-state index contributed by atoms with van der Waals surface area (Å²) in [6, 6.07) is 53.2. The first kappa shape index (κ1) is 37.3. The molecule has 4 nitrogen and oxygen atoms in total. The Morgan fingerprint density at radius 2 is 0.758 bits per heavy atom. The van der Waals surface area contributed by atoms with Crippen molar-refractivity contribution in [3.05, 3.63) is 193 Å². The molecule has 0 unspecified atom stereocenters. The van der Waals surface area contributed by atoms with Crippen molar-refractivity contribution in [2.75, 3.05) is 9.80 Å². The lowest BCUT2D eigenvalue weighted by Crippen LogP contribution is -2.11. The third-order valence-electron chi connectivity index (χ3n) is 11.4. The van der Waals surface area contributed by atoms with Crippen molar-refractivity contribution in [2.45, 2.75) is 12.4 Å². The van der Waals surface area contributed by atoms with Crippen LogP contribution in [0.2, 0.25) is 0 Å². The second kappa shape index (κ2) is 13.9. The van der Waals surface area contributed by atoms with Gasteiger partial charge in [-0.25, -0.2) is 0 Å². The third-order valence-corrected chi connectivity index (χ3v) is 11.4. The van der Waals surface area contributed by atoms with Gasteiger partial charge in [-0.1, -0.05) is 48.5 Å². The number of alkyl halides is 6. The van der Waals surface area contributed by atoms with Crippen molar-refractivity contribution in [1.82, 2.24) is 0 Å². The molecule has 0 N–H and O–H groups in total. The maximum absolute atomic E-state index is 13.5. The van der Waals surface area contributed by atoms with Crippen molar-refractivity contribution < 1.29 is 35.2 Å². The minimum atomic E-state index is -4.45. The van der Waals surface area contributed by atoms with Crippen molar-refractivity contribution in [3.63, 3.8) is 0 Å². The number of anilines is 6. The number of fused-ring (bicyclic) bond motifs is 9. The number of benzene rings is 9. The molecule has 0 fully saturated rings. The summed E-state index contributed by atoms with van der Waals surface area (Å²) in [6.07, 6.45) is -8.89. The molecular formula is C52H30F6N2O2. The van der Waals surface area contributed by atoms with Crippen LogP contribution in [0.15, 0.2) is 191 Å². The van der Waals surface area contributed by atoms with Gasteiger partial charge in [-0.05, 0) is 155 Å². The Morgan fingerprint density at radius 1 is 0.323 bits per heavy atom. The van der Waals surface area contributed by atoms with E-state index in [1.165, 1.54) is 24.3 Å². The number of furan rings is 2. The molecule has 0 bridgehead atoms. The summed E-state index contributed by atoms with van der Waals surface area (Å²) in [7, 11) is 0. The van der Waals surface area contributed by atoms with Crippen molar-refractivity contribution in [3.8, 4) is 0 Å². The van der Waals surface area contributed by atoms with E-state index in [2.05, 4.69) is 12.1 Å². The molecule has 0 amide bonds. The largest absolute Gasteiger partial charge is 0.456 e. The van der Waals surface area contributed by atoms with Gasteiger partial charge in [0.15, 0.2) is 0 Å². The van der Waals surface area contributed by atoms with Crippen LogP contribution in [0.3, 0.4) is 0 Å². The second-order valence-electron chi connectivity index (χ2n) is 15.2. The van der Waals surface area contributed by atoms with E-state index in [0.29, 0.717) is 33.7 Å². The normalized spacial score (nSPS) is 12.4. The molecule has 2 aromatic heterocycles. The Bertz CT molecular complexity index is 3490. The smallest absolute Gasteiger partial charge is 0.416 e. The minimum Gasteiger partial charge on any atom is -0.456 e. The Labute approximate surface area is 349 Å². The fraction of sp³-hybridized carbons (Fsp3) is 0.0385. The topological polar surface area (TPSA) is 32.8 Å². The third kappa shape index (κ3) is 6.34. The van der Waals surface area contributed by atoms with Crippen molar-refractivity contribution >= 4 is 99.5 Å². The van der Waals surface area contributed by atoms with Gasteiger partial charge in [0.25, 0.3) is 0 Å². The molecule has 0 radical (unpaired) electrons. The van der Waals surface area contributed by atoms with Gasteiger partial charge in [0.05, 0.1) is 16.5 Å². The standard InChI is InChI=1S/C52H30F6N2O2/c53-51(54,55)35-13-19-39(20-14-35)59(37-7-3-1-4-8-37)41-17-11-31-27-44-43-23-24-46-49(50(43)62-47(44)29-33(31)25-41)45-28-32-12-18-42(26-34(32)30-48(45)61-46)60(38-9-5-2-6-10-38)40-21-15-36(16-22-40)52(56,57)58/h1-30H. The number of rotatable bonds is 6. The number of nitrogens with zero attached hydrogens (tertiary/aromatic N) is 2. The van der Waals surface area contributed by atoms with E-state index in [1.807, 2.05) is 131 Å². The van der Waals surface area contributed by atoms with E-state index in [9.17, 15) is 26.3 Å². The highest BCUT2D eigenvalue weighted by atomic mass is 19.4. The lowest BCUT2D eigenvalue weighted by atomic mass is 10.0. The highest BCUT2D eigenvalue weighted by Gasteiger charge is 2.31. The van der Waals surface area contributed by atoms with E-state index < -0.39 is 23.5 Å². The quantitative estimate of drug-likeness (QED) is 0.156. The molecule has 11 aromatic rings. The maximum Gasteiger partial charge on any atom is 0.416 e. The predicted molar refractivity (Wildman–Crippen MR) is 235 cm³/mol. The summed E-state index contributed by atoms with van der Waals surface area (Å²) in [5.41, 5.74) is 5.50. The monoisotopic (exact) mass is 828 g/mol. The zero-order valence-corrected chi connectivity index (χ0v) is 32.3. The number of hydrogen-bond acceptors (Lipinski definition) is 4. The molecule has 0 atom stereocenters.